The van der Waals surface area contributed by atoms with Crippen LogP contribution in [-0.4, -0.2) is 24.9 Å². The zero-order valence-corrected chi connectivity index (χ0v) is 13.0. The van der Waals surface area contributed by atoms with Crippen molar-refractivity contribution < 1.29 is 21.6 Å². The highest BCUT2D eigenvalue weighted by Gasteiger charge is 2.68. The maximum atomic E-state index is 13.2. The first kappa shape index (κ1) is 16.0. The molecule has 7 heteroatoms. The number of hydrogen-bond donors (Lipinski definition) is 0. The minimum absolute atomic E-state index is 0.129. The lowest BCUT2D eigenvalue weighted by atomic mass is 10.1. The van der Waals surface area contributed by atoms with Crippen LogP contribution in [0, 0.1) is 6.92 Å². The van der Waals surface area contributed by atoms with Crippen molar-refractivity contribution in [3.63, 3.8) is 0 Å². The van der Waals surface area contributed by atoms with Crippen LogP contribution in [0.15, 0.2) is 59.5 Å². The van der Waals surface area contributed by atoms with E-state index >= 15 is 0 Å². The summed E-state index contributed by atoms with van der Waals surface area (Å²) in [6.07, 6.45) is -4.61. The molecule has 3 nitrogen and oxygen atoms in total. The first-order valence-electron chi connectivity index (χ1n) is 6.95. The van der Waals surface area contributed by atoms with Crippen molar-refractivity contribution >= 4 is 10.0 Å². The highest BCUT2D eigenvalue weighted by molar-refractivity contribution is 7.89. The van der Waals surface area contributed by atoms with Gasteiger partial charge in [-0.15, -0.1) is 0 Å². The molecule has 0 N–H and O–H groups in total. The topological polar surface area (TPSA) is 37.1 Å². The predicted octanol–water partition coefficient (Wildman–Crippen LogP) is 3.67. The molecule has 0 amide bonds. The number of rotatable bonds is 3. The van der Waals surface area contributed by atoms with Gasteiger partial charge in [-0.1, -0.05) is 48.0 Å². The molecule has 0 bridgehead atoms. The number of alkyl halides is 3. The van der Waals surface area contributed by atoms with Gasteiger partial charge in [-0.05, 0) is 24.6 Å². The molecule has 3 unspecified atom stereocenters. The summed E-state index contributed by atoms with van der Waals surface area (Å²) in [5, 5.41) is 0. The number of hydrogen-bond acceptors (Lipinski definition) is 2. The highest BCUT2D eigenvalue weighted by Crippen LogP contribution is 2.54. The van der Waals surface area contributed by atoms with Crippen LogP contribution in [0.5, 0.6) is 0 Å². The molecule has 1 saturated heterocycles. The van der Waals surface area contributed by atoms with Crippen molar-refractivity contribution in [2.24, 2.45) is 0 Å². The van der Waals surface area contributed by atoms with Crippen LogP contribution in [0.1, 0.15) is 17.2 Å². The maximum absolute atomic E-state index is 13.2. The normalized spacial score (nSPS) is 24.4. The minimum atomic E-state index is -4.61. The molecular formula is C16H14F3NO2S. The SMILES string of the molecule is Cc1ccc(S(=O)(=O)N2C(c3ccccc3)C2C(F)(F)F)cc1. The lowest BCUT2D eigenvalue weighted by Gasteiger charge is -2.08. The minimum Gasteiger partial charge on any atom is -0.207 e. The summed E-state index contributed by atoms with van der Waals surface area (Å²) in [5.41, 5.74) is 1.17. The van der Waals surface area contributed by atoms with Gasteiger partial charge in [0.2, 0.25) is 10.0 Å². The monoisotopic (exact) mass is 341 g/mol. The predicted molar refractivity (Wildman–Crippen MR) is 79.2 cm³/mol. The summed E-state index contributed by atoms with van der Waals surface area (Å²) in [6, 6.07) is 10.5. The molecule has 23 heavy (non-hydrogen) atoms. The van der Waals surface area contributed by atoms with E-state index in [1.165, 1.54) is 24.3 Å². The maximum Gasteiger partial charge on any atom is 0.407 e. The summed E-state index contributed by atoms with van der Waals surface area (Å²) in [6.45, 7) is 1.78. The van der Waals surface area contributed by atoms with E-state index < -0.39 is 28.3 Å². The molecule has 0 spiro atoms. The van der Waals surface area contributed by atoms with Crippen molar-refractivity contribution in [3.8, 4) is 0 Å². The Morgan fingerprint density at radius 2 is 1.52 bits per heavy atom. The molecule has 0 aromatic heterocycles. The van der Waals surface area contributed by atoms with Gasteiger partial charge in [0.15, 0.2) is 0 Å². The Morgan fingerprint density at radius 1 is 0.957 bits per heavy atom. The van der Waals surface area contributed by atoms with Gasteiger partial charge in [-0.3, -0.25) is 0 Å². The molecule has 2 aromatic rings. The van der Waals surface area contributed by atoms with Gasteiger partial charge in [0.25, 0.3) is 0 Å². The van der Waals surface area contributed by atoms with Gasteiger partial charge >= 0.3 is 6.18 Å². The molecule has 1 fully saturated rings. The molecule has 0 saturated carbocycles. The van der Waals surface area contributed by atoms with Gasteiger partial charge < -0.3 is 0 Å². The Labute approximate surface area is 132 Å². The van der Waals surface area contributed by atoms with Crippen LogP contribution in [0.2, 0.25) is 0 Å². The fraction of sp³-hybridized carbons (Fsp3) is 0.250. The fourth-order valence-corrected chi connectivity index (χ4v) is 4.38. The summed E-state index contributed by atoms with van der Waals surface area (Å²) in [5.74, 6) is 0. The molecule has 122 valence electrons. The zero-order chi connectivity index (χ0) is 16.8. The number of aryl methyl sites for hydroxylation is 1. The summed E-state index contributed by atoms with van der Waals surface area (Å²) in [4.78, 5) is -0.129. The average Bonchev–Trinajstić information content (AvgIpc) is 3.25. The van der Waals surface area contributed by atoms with E-state index in [9.17, 15) is 21.6 Å². The van der Waals surface area contributed by atoms with E-state index in [4.69, 9.17) is 0 Å². The number of sulfonamides is 1. The molecular weight excluding hydrogens is 327 g/mol. The van der Waals surface area contributed by atoms with E-state index in [0.29, 0.717) is 9.87 Å². The Bertz CT molecular complexity index is 801. The van der Waals surface area contributed by atoms with Crippen molar-refractivity contribution in [3.05, 3.63) is 65.7 Å². The van der Waals surface area contributed by atoms with Crippen molar-refractivity contribution in [1.82, 2.24) is 4.31 Å². The number of nitrogens with zero attached hydrogens (tertiary/aromatic N) is 1. The van der Waals surface area contributed by atoms with Gasteiger partial charge in [-0.2, -0.15) is 17.5 Å². The average molecular weight is 341 g/mol. The first-order chi connectivity index (χ1) is 10.7. The van der Waals surface area contributed by atoms with Crippen LogP contribution in [0.25, 0.3) is 0 Å². The van der Waals surface area contributed by atoms with Crippen LogP contribution in [-0.2, 0) is 10.0 Å². The molecule has 0 radical (unpaired) electrons. The molecule has 0 aliphatic carbocycles. The van der Waals surface area contributed by atoms with E-state index in [1.807, 2.05) is 0 Å². The third-order valence-corrected chi connectivity index (χ3v) is 5.71. The highest BCUT2D eigenvalue weighted by atomic mass is 32.2. The molecule has 1 heterocycles. The van der Waals surface area contributed by atoms with E-state index in [-0.39, 0.29) is 4.90 Å². The lowest BCUT2D eigenvalue weighted by molar-refractivity contribution is -0.134. The molecule has 1 aliphatic rings. The van der Waals surface area contributed by atoms with E-state index in [1.54, 1.807) is 37.3 Å². The van der Waals surface area contributed by atoms with Crippen LogP contribution < -0.4 is 0 Å². The van der Waals surface area contributed by atoms with Crippen molar-refractivity contribution in [1.29, 1.82) is 0 Å². The Balaban J connectivity index is 2.01. The molecule has 1 aliphatic heterocycles. The quantitative estimate of drug-likeness (QED) is 0.799. The van der Waals surface area contributed by atoms with Crippen LogP contribution in [0.4, 0.5) is 13.2 Å². The first-order valence-corrected chi connectivity index (χ1v) is 8.39. The Morgan fingerprint density at radius 3 is 2.04 bits per heavy atom. The van der Waals surface area contributed by atoms with Crippen LogP contribution in [0.3, 0.4) is 0 Å². The zero-order valence-electron chi connectivity index (χ0n) is 12.2. The second kappa shape index (κ2) is 5.35. The van der Waals surface area contributed by atoms with Gasteiger partial charge in [0.1, 0.15) is 6.04 Å². The molecule has 2 aromatic carbocycles. The summed E-state index contributed by atoms with van der Waals surface area (Å²) in [7, 11) is -4.20. The largest absolute Gasteiger partial charge is 0.407 e. The van der Waals surface area contributed by atoms with Crippen LogP contribution >= 0.6 is 0 Å². The Hall–Kier alpha value is -1.86. The molecule has 3 atom stereocenters. The third-order valence-electron chi connectivity index (χ3n) is 3.83. The smallest absolute Gasteiger partial charge is 0.207 e. The molecule has 3 rings (SSSR count). The van der Waals surface area contributed by atoms with E-state index in [2.05, 4.69) is 0 Å². The second-order valence-electron chi connectivity index (χ2n) is 5.49. The van der Waals surface area contributed by atoms with Gasteiger partial charge in [0.05, 0.1) is 10.9 Å². The van der Waals surface area contributed by atoms with Crippen molar-refractivity contribution in [2.45, 2.75) is 30.1 Å². The van der Waals surface area contributed by atoms with E-state index in [0.717, 1.165) is 5.56 Å². The standard InChI is InChI=1S/C16H14F3NO2S/c1-11-7-9-13(10-8-11)23(21,22)20-14(15(20)16(17,18)19)12-5-3-2-4-6-12/h2-10,14-15H,1H3. The third kappa shape index (κ3) is 2.86. The summed E-state index contributed by atoms with van der Waals surface area (Å²) >= 11 is 0. The fourth-order valence-electron chi connectivity index (χ4n) is 2.65. The number of benzene rings is 2. The van der Waals surface area contributed by atoms with Gasteiger partial charge in [-0.25, -0.2) is 8.42 Å². The van der Waals surface area contributed by atoms with Gasteiger partial charge in [0, 0.05) is 0 Å². The lowest BCUT2D eigenvalue weighted by Crippen LogP contribution is -2.24. The summed E-state index contributed by atoms with van der Waals surface area (Å²) < 4.78 is 65.4. The Kier molecular flexibility index (Phi) is 3.72. The van der Waals surface area contributed by atoms with Crippen molar-refractivity contribution in [2.75, 3.05) is 0 Å². The number of halogens is 3. The second-order valence-corrected chi connectivity index (χ2v) is 7.33.